The number of rotatable bonds is 0. The highest BCUT2D eigenvalue weighted by Crippen LogP contribution is 2.40. The first-order valence-electron chi connectivity index (χ1n) is 4.12. The minimum Gasteiger partial charge on any atom is -0.508 e. The van der Waals surface area contributed by atoms with Gasteiger partial charge in [0.2, 0.25) is 0 Å². The van der Waals surface area contributed by atoms with Crippen LogP contribution in [0.5, 0.6) is 17.2 Å². The van der Waals surface area contributed by atoms with Crippen LogP contribution in [-0.4, -0.2) is 16.8 Å². The van der Waals surface area contributed by atoms with Crippen LogP contribution in [-0.2, 0) is 0 Å². The summed E-state index contributed by atoms with van der Waals surface area (Å²) < 4.78 is 5.24. The first kappa shape index (κ1) is 8.19. The van der Waals surface area contributed by atoms with E-state index in [0.29, 0.717) is 24.3 Å². The number of phenolic OH excluding ortho intramolecular Hbond substituents is 2. The molecule has 1 aliphatic heterocycles. The minimum absolute atomic E-state index is 0.0113. The molecule has 1 atom stereocenters. The Morgan fingerprint density at radius 2 is 2.15 bits per heavy atom. The van der Waals surface area contributed by atoms with E-state index in [1.807, 2.05) is 0 Å². The summed E-state index contributed by atoms with van der Waals surface area (Å²) in [6.45, 7) is 0.506. The Kier molecular flexibility index (Phi) is 1.77. The molecule has 0 amide bonds. The van der Waals surface area contributed by atoms with E-state index >= 15 is 0 Å². The third-order valence-electron chi connectivity index (χ3n) is 2.16. The fraction of sp³-hybridized carbons (Fsp3) is 0.333. The molecule has 0 saturated heterocycles. The molecule has 0 aliphatic carbocycles. The summed E-state index contributed by atoms with van der Waals surface area (Å²) in [6.07, 6.45) is 0.704. The molecule has 1 aliphatic rings. The zero-order valence-corrected chi connectivity index (χ0v) is 7.03. The van der Waals surface area contributed by atoms with E-state index in [-0.39, 0.29) is 17.5 Å². The largest absolute Gasteiger partial charge is 0.508 e. The van der Waals surface area contributed by atoms with Crippen LogP contribution in [0.3, 0.4) is 0 Å². The van der Waals surface area contributed by atoms with Gasteiger partial charge in [0.25, 0.3) is 0 Å². The zero-order chi connectivity index (χ0) is 9.42. The Morgan fingerprint density at radius 3 is 2.92 bits per heavy atom. The molecule has 0 aromatic heterocycles. The summed E-state index contributed by atoms with van der Waals surface area (Å²) in [4.78, 5) is 0. The molecular weight excluding hydrogens is 170 g/mol. The molecule has 0 saturated carbocycles. The van der Waals surface area contributed by atoms with Crippen molar-refractivity contribution < 1.29 is 14.9 Å². The van der Waals surface area contributed by atoms with Crippen LogP contribution >= 0.6 is 0 Å². The molecule has 13 heavy (non-hydrogen) atoms. The number of aromatic hydroxyl groups is 2. The topological polar surface area (TPSA) is 75.7 Å². The summed E-state index contributed by atoms with van der Waals surface area (Å²) in [5, 5.41) is 18.6. The van der Waals surface area contributed by atoms with Gasteiger partial charge in [-0.15, -0.1) is 0 Å². The molecule has 1 aromatic carbocycles. The van der Waals surface area contributed by atoms with E-state index in [1.54, 1.807) is 0 Å². The highest BCUT2D eigenvalue weighted by atomic mass is 16.5. The van der Waals surface area contributed by atoms with Gasteiger partial charge in [0.1, 0.15) is 5.75 Å². The predicted molar refractivity (Wildman–Crippen MR) is 46.8 cm³/mol. The second-order valence-corrected chi connectivity index (χ2v) is 3.13. The molecule has 1 heterocycles. The number of nitrogens with two attached hydrogens (primary N) is 1. The maximum atomic E-state index is 9.41. The molecule has 2 rings (SSSR count). The van der Waals surface area contributed by atoms with Crippen molar-refractivity contribution in [2.45, 2.75) is 12.5 Å². The molecule has 0 spiro atoms. The highest BCUT2D eigenvalue weighted by molar-refractivity contribution is 5.52. The molecule has 0 radical (unpaired) electrons. The molecule has 4 N–H and O–H groups in total. The predicted octanol–water partition coefficient (Wildman–Crippen LogP) is 0.880. The number of phenols is 2. The van der Waals surface area contributed by atoms with Crippen LogP contribution in [0.25, 0.3) is 0 Å². The Balaban J connectivity index is 2.56. The number of ether oxygens (including phenoxy) is 1. The lowest BCUT2D eigenvalue weighted by Gasteiger charge is -2.23. The Labute approximate surface area is 75.6 Å². The molecule has 4 heteroatoms. The van der Waals surface area contributed by atoms with Crippen molar-refractivity contribution in [2.75, 3.05) is 6.61 Å². The average Bonchev–Trinajstić information content (AvgIpc) is 2.07. The van der Waals surface area contributed by atoms with Crippen LogP contribution in [0.15, 0.2) is 12.1 Å². The monoisotopic (exact) mass is 181 g/mol. The van der Waals surface area contributed by atoms with Crippen LogP contribution in [0, 0.1) is 0 Å². The SMILES string of the molecule is NC1CCOc2c(O)cc(O)cc21. The molecule has 4 nitrogen and oxygen atoms in total. The van der Waals surface area contributed by atoms with E-state index in [9.17, 15) is 10.2 Å². The van der Waals surface area contributed by atoms with E-state index in [0.717, 1.165) is 0 Å². The van der Waals surface area contributed by atoms with Gasteiger partial charge in [0, 0.05) is 24.1 Å². The maximum Gasteiger partial charge on any atom is 0.165 e. The first-order chi connectivity index (χ1) is 6.18. The van der Waals surface area contributed by atoms with Gasteiger partial charge in [-0.25, -0.2) is 0 Å². The van der Waals surface area contributed by atoms with Crippen molar-refractivity contribution >= 4 is 0 Å². The number of fused-ring (bicyclic) bond motifs is 1. The minimum atomic E-state index is -0.165. The fourth-order valence-corrected chi connectivity index (χ4v) is 1.50. The third kappa shape index (κ3) is 1.29. The van der Waals surface area contributed by atoms with Gasteiger partial charge in [-0.2, -0.15) is 0 Å². The Morgan fingerprint density at radius 1 is 1.38 bits per heavy atom. The number of hydrogen-bond donors (Lipinski definition) is 3. The summed E-state index contributed by atoms with van der Waals surface area (Å²) in [5.41, 5.74) is 6.45. The Bertz CT molecular complexity index is 338. The van der Waals surface area contributed by atoms with Crippen molar-refractivity contribution in [3.8, 4) is 17.2 Å². The van der Waals surface area contributed by atoms with Crippen LogP contribution in [0.1, 0.15) is 18.0 Å². The highest BCUT2D eigenvalue weighted by Gasteiger charge is 2.21. The molecule has 1 unspecified atom stereocenters. The molecule has 0 fully saturated rings. The molecule has 70 valence electrons. The van der Waals surface area contributed by atoms with Gasteiger partial charge in [-0.1, -0.05) is 0 Å². The van der Waals surface area contributed by atoms with Gasteiger partial charge in [0.05, 0.1) is 6.61 Å². The third-order valence-corrected chi connectivity index (χ3v) is 2.16. The summed E-state index contributed by atoms with van der Waals surface area (Å²) >= 11 is 0. The van der Waals surface area contributed by atoms with Gasteiger partial charge < -0.3 is 20.7 Å². The first-order valence-corrected chi connectivity index (χ1v) is 4.12. The second-order valence-electron chi connectivity index (χ2n) is 3.13. The van der Waals surface area contributed by atoms with Crippen molar-refractivity contribution in [1.82, 2.24) is 0 Å². The van der Waals surface area contributed by atoms with Gasteiger partial charge >= 0.3 is 0 Å². The fourth-order valence-electron chi connectivity index (χ4n) is 1.50. The summed E-state index contributed by atoms with van der Waals surface area (Å²) in [7, 11) is 0. The molecular formula is C9H11NO3. The molecule has 1 aromatic rings. The van der Waals surface area contributed by atoms with Crippen molar-refractivity contribution in [1.29, 1.82) is 0 Å². The summed E-state index contributed by atoms with van der Waals surface area (Å²) in [6, 6.07) is 2.61. The lowest BCUT2D eigenvalue weighted by molar-refractivity contribution is 0.254. The zero-order valence-electron chi connectivity index (χ0n) is 7.03. The Hall–Kier alpha value is -1.42. The van der Waals surface area contributed by atoms with Gasteiger partial charge in [-0.05, 0) is 6.07 Å². The standard InChI is InChI=1S/C9H11NO3/c10-7-1-2-13-9-6(7)3-5(11)4-8(9)12/h3-4,7,11-12H,1-2,10H2. The van der Waals surface area contributed by atoms with Gasteiger partial charge in [0.15, 0.2) is 11.5 Å². The maximum absolute atomic E-state index is 9.41. The van der Waals surface area contributed by atoms with Crippen LogP contribution < -0.4 is 10.5 Å². The lowest BCUT2D eigenvalue weighted by atomic mass is 10.0. The summed E-state index contributed by atoms with van der Waals surface area (Å²) in [5.74, 6) is 0.360. The van der Waals surface area contributed by atoms with Crippen LogP contribution in [0.2, 0.25) is 0 Å². The van der Waals surface area contributed by atoms with E-state index in [2.05, 4.69) is 0 Å². The number of benzene rings is 1. The number of hydrogen-bond acceptors (Lipinski definition) is 4. The lowest BCUT2D eigenvalue weighted by Crippen LogP contribution is -2.20. The van der Waals surface area contributed by atoms with E-state index in [4.69, 9.17) is 10.5 Å². The van der Waals surface area contributed by atoms with E-state index in [1.165, 1.54) is 12.1 Å². The smallest absolute Gasteiger partial charge is 0.165 e. The quantitative estimate of drug-likeness (QED) is 0.555. The van der Waals surface area contributed by atoms with Crippen molar-refractivity contribution in [3.63, 3.8) is 0 Å². The van der Waals surface area contributed by atoms with E-state index < -0.39 is 0 Å². The van der Waals surface area contributed by atoms with Crippen LogP contribution in [0.4, 0.5) is 0 Å². The van der Waals surface area contributed by atoms with Crippen molar-refractivity contribution in [3.05, 3.63) is 17.7 Å². The normalized spacial score (nSPS) is 20.5. The van der Waals surface area contributed by atoms with Crippen molar-refractivity contribution in [2.24, 2.45) is 5.73 Å². The molecule has 0 bridgehead atoms. The second kappa shape index (κ2) is 2.81. The average molecular weight is 181 g/mol. The van der Waals surface area contributed by atoms with Gasteiger partial charge in [-0.3, -0.25) is 0 Å².